The van der Waals surface area contributed by atoms with E-state index in [1.54, 1.807) is 0 Å². The van der Waals surface area contributed by atoms with Crippen molar-refractivity contribution in [1.82, 2.24) is 40.3 Å². The Kier molecular flexibility index (Phi) is 9.82. The number of hydrogen-bond acceptors (Lipinski definition) is 6. The molecule has 0 spiro atoms. The van der Waals surface area contributed by atoms with Crippen LogP contribution in [0.5, 0.6) is 0 Å². The predicted molar refractivity (Wildman–Crippen MR) is 152 cm³/mol. The molecule has 0 aliphatic heterocycles. The SMILES string of the molecule is CC(C)(C)c1cnc(-c2cc(C(C)(C)C)n[n-]2)nc1.CC(C)(C)c1cnc(-c2cc(C(C)(C)C)n[n-]2)nc1.[Pt+2]. The van der Waals surface area contributed by atoms with Gasteiger partial charge in [-0.3, -0.25) is 0 Å². The topological polar surface area (TPSA) is 106 Å². The summed E-state index contributed by atoms with van der Waals surface area (Å²) in [7, 11) is 0. The third kappa shape index (κ3) is 8.63. The zero-order valence-electron chi connectivity index (χ0n) is 25.4. The standard InChI is InChI=1S/2C15H21N4.Pt/c2*1-14(2,3)10-8-16-13(17-9-10)11-7-12(19-18-11)15(4,5)6;/h2*7-9H,1-6H3;/q2*-1;+2. The van der Waals surface area contributed by atoms with Crippen molar-refractivity contribution >= 4 is 0 Å². The first kappa shape index (κ1) is 32.5. The molecular formula is C30H42N8Pt. The van der Waals surface area contributed by atoms with E-state index in [0.717, 1.165) is 33.9 Å². The van der Waals surface area contributed by atoms with Crippen LogP contribution in [0.1, 0.15) is 106 Å². The van der Waals surface area contributed by atoms with Gasteiger partial charge in [0.25, 0.3) is 0 Å². The van der Waals surface area contributed by atoms with Crippen molar-refractivity contribution in [2.45, 2.75) is 105 Å². The third-order valence-corrected chi connectivity index (χ3v) is 6.11. The van der Waals surface area contributed by atoms with Crippen LogP contribution in [-0.2, 0) is 42.7 Å². The van der Waals surface area contributed by atoms with Gasteiger partial charge in [-0.25, -0.2) is 19.9 Å². The summed E-state index contributed by atoms with van der Waals surface area (Å²) in [5, 5.41) is 16.7. The van der Waals surface area contributed by atoms with E-state index in [1.807, 2.05) is 36.9 Å². The minimum atomic E-state index is -0.00337. The Morgan fingerprint density at radius 3 is 0.949 bits per heavy atom. The zero-order valence-corrected chi connectivity index (χ0v) is 27.6. The van der Waals surface area contributed by atoms with Crippen molar-refractivity contribution in [3.05, 3.63) is 59.4 Å². The minimum absolute atomic E-state index is 0. The van der Waals surface area contributed by atoms with E-state index in [-0.39, 0.29) is 42.7 Å². The zero-order chi connectivity index (χ0) is 28.5. The van der Waals surface area contributed by atoms with Crippen LogP contribution in [0.2, 0.25) is 0 Å². The Hall–Kier alpha value is -2.73. The second kappa shape index (κ2) is 11.8. The molecule has 0 saturated heterocycles. The normalized spacial score (nSPS) is 12.4. The van der Waals surface area contributed by atoms with Gasteiger partial charge >= 0.3 is 21.1 Å². The first-order valence-electron chi connectivity index (χ1n) is 13.0. The molecule has 4 aromatic rings. The van der Waals surface area contributed by atoms with Crippen molar-refractivity contribution in [1.29, 1.82) is 0 Å². The van der Waals surface area contributed by atoms with Crippen LogP contribution < -0.4 is 10.2 Å². The molecule has 0 fully saturated rings. The summed E-state index contributed by atoms with van der Waals surface area (Å²) < 4.78 is 0. The fourth-order valence-electron chi connectivity index (χ4n) is 3.24. The van der Waals surface area contributed by atoms with Crippen molar-refractivity contribution in [2.24, 2.45) is 0 Å². The second-order valence-electron chi connectivity index (χ2n) is 13.8. The largest absolute Gasteiger partial charge is 2.00 e. The molecular weight excluding hydrogens is 667 g/mol. The van der Waals surface area contributed by atoms with Crippen LogP contribution in [0.25, 0.3) is 23.0 Å². The average Bonchev–Trinajstić information content (AvgIpc) is 3.49. The van der Waals surface area contributed by atoms with E-state index >= 15 is 0 Å². The minimum Gasteiger partial charge on any atom is -0.572 e. The second-order valence-corrected chi connectivity index (χ2v) is 13.8. The van der Waals surface area contributed by atoms with E-state index in [9.17, 15) is 0 Å². The summed E-state index contributed by atoms with van der Waals surface area (Å²) in [5.74, 6) is 1.27. The molecule has 8 nitrogen and oxygen atoms in total. The summed E-state index contributed by atoms with van der Waals surface area (Å²) in [6.07, 6.45) is 7.48. The molecule has 0 radical (unpaired) electrons. The van der Waals surface area contributed by atoms with E-state index in [0.29, 0.717) is 11.6 Å². The van der Waals surface area contributed by atoms with E-state index in [4.69, 9.17) is 0 Å². The molecule has 212 valence electrons. The van der Waals surface area contributed by atoms with Crippen molar-refractivity contribution in [3.8, 4) is 23.0 Å². The van der Waals surface area contributed by atoms with E-state index in [1.165, 1.54) is 0 Å². The fourth-order valence-corrected chi connectivity index (χ4v) is 3.24. The molecule has 0 saturated carbocycles. The number of hydrogen-bond donors (Lipinski definition) is 0. The maximum Gasteiger partial charge on any atom is 2.00 e. The molecule has 0 amide bonds. The van der Waals surface area contributed by atoms with Gasteiger partial charge in [0, 0.05) is 47.0 Å². The maximum absolute atomic E-state index is 4.40. The summed E-state index contributed by atoms with van der Waals surface area (Å²) >= 11 is 0. The van der Waals surface area contributed by atoms with Gasteiger partial charge in [0.2, 0.25) is 0 Å². The average molecular weight is 710 g/mol. The molecule has 0 aromatic carbocycles. The number of nitrogens with zero attached hydrogens (tertiary/aromatic N) is 8. The van der Waals surface area contributed by atoms with Crippen LogP contribution in [0.4, 0.5) is 0 Å². The summed E-state index contributed by atoms with van der Waals surface area (Å²) in [4.78, 5) is 17.6. The molecule has 0 atom stereocenters. The molecule has 0 bridgehead atoms. The van der Waals surface area contributed by atoms with Gasteiger partial charge in [-0.15, -0.1) is 0 Å². The Morgan fingerprint density at radius 2 is 0.744 bits per heavy atom. The van der Waals surface area contributed by atoms with Crippen molar-refractivity contribution in [2.75, 3.05) is 0 Å². The summed E-state index contributed by atoms with van der Waals surface area (Å²) in [5.41, 5.74) is 5.76. The van der Waals surface area contributed by atoms with Crippen LogP contribution in [0, 0.1) is 0 Å². The Morgan fingerprint density at radius 1 is 0.462 bits per heavy atom. The fraction of sp³-hybridized carbons (Fsp3) is 0.533. The molecule has 0 aliphatic carbocycles. The van der Waals surface area contributed by atoms with E-state index < -0.39 is 0 Å². The molecule has 4 heterocycles. The molecule has 0 aliphatic rings. The van der Waals surface area contributed by atoms with Gasteiger partial charge in [0.05, 0.1) is 0 Å². The molecule has 0 unspecified atom stereocenters. The Balaban J connectivity index is 0.000000267. The third-order valence-electron chi connectivity index (χ3n) is 6.11. The Labute approximate surface area is 248 Å². The van der Waals surface area contributed by atoms with Gasteiger partial charge in [-0.1, -0.05) is 107 Å². The van der Waals surface area contributed by atoms with Crippen molar-refractivity contribution < 1.29 is 21.1 Å². The van der Waals surface area contributed by atoms with Gasteiger partial charge in [-0.2, -0.15) is 0 Å². The first-order valence-corrected chi connectivity index (χ1v) is 13.0. The van der Waals surface area contributed by atoms with Crippen LogP contribution in [0.3, 0.4) is 0 Å². The van der Waals surface area contributed by atoms with Crippen LogP contribution >= 0.6 is 0 Å². The molecule has 4 aromatic heterocycles. The monoisotopic (exact) mass is 709 g/mol. The van der Waals surface area contributed by atoms with Gasteiger partial charge in [0.1, 0.15) is 11.6 Å². The number of rotatable bonds is 2. The summed E-state index contributed by atoms with van der Waals surface area (Å²) in [6.45, 7) is 25.6. The molecule has 39 heavy (non-hydrogen) atoms. The van der Waals surface area contributed by atoms with Crippen LogP contribution in [0.15, 0.2) is 36.9 Å². The molecule has 4 rings (SSSR count). The van der Waals surface area contributed by atoms with Gasteiger partial charge in [0.15, 0.2) is 0 Å². The molecule has 9 heteroatoms. The van der Waals surface area contributed by atoms with Gasteiger partial charge in [-0.05, 0) is 22.0 Å². The van der Waals surface area contributed by atoms with Crippen LogP contribution in [-0.4, -0.2) is 30.1 Å². The van der Waals surface area contributed by atoms with Gasteiger partial charge < -0.3 is 20.4 Å². The maximum atomic E-state index is 4.40. The molecule has 0 N–H and O–H groups in total. The Bertz CT molecular complexity index is 1220. The van der Waals surface area contributed by atoms with Crippen molar-refractivity contribution in [3.63, 3.8) is 0 Å². The number of aromatic nitrogens is 8. The first-order chi connectivity index (χ1) is 17.4. The van der Waals surface area contributed by atoms with E-state index in [2.05, 4.69) is 123 Å². The predicted octanol–water partition coefficient (Wildman–Crippen LogP) is 6.18. The quantitative estimate of drug-likeness (QED) is 0.243. The summed E-state index contributed by atoms with van der Waals surface area (Å²) in [6, 6.07) is 3.93. The smallest absolute Gasteiger partial charge is 0.572 e.